The Morgan fingerprint density at radius 1 is 1.04 bits per heavy atom. The average Bonchev–Trinajstić information content (AvgIpc) is 3.30. The minimum Gasteiger partial charge on any atom is -0.508 e. The summed E-state index contributed by atoms with van der Waals surface area (Å²) in [5, 5.41) is 12.4. The lowest BCUT2D eigenvalue weighted by molar-refractivity contribution is 0.0380. The molecule has 4 aromatic rings. The number of anilines is 1. The number of fused-ring (bicyclic) bond motifs is 5. The van der Waals surface area contributed by atoms with Gasteiger partial charge in [-0.2, -0.15) is 9.97 Å². The highest BCUT2D eigenvalue weighted by molar-refractivity contribution is 6.01. The summed E-state index contributed by atoms with van der Waals surface area (Å²) in [4.78, 5) is 19.2. The Balaban J connectivity index is 1.18. The van der Waals surface area contributed by atoms with Crippen molar-refractivity contribution in [3.8, 4) is 23.0 Å². The van der Waals surface area contributed by atoms with Gasteiger partial charge in [-0.1, -0.05) is 19.9 Å². The third kappa shape index (κ3) is 4.12. The molecule has 9 rings (SSSR count). The highest BCUT2D eigenvalue weighted by Crippen LogP contribution is 2.78. The molecule has 240 valence electrons. The number of hydrogen-bond acceptors (Lipinski definition) is 7. The number of ether oxygens (including phenoxy) is 1. The molecule has 46 heavy (non-hydrogen) atoms. The number of halogens is 2. The number of aromatic hydroxyl groups is 1. The summed E-state index contributed by atoms with van der Waals surface area (Å²) in [5.74, 6) is 0.427. The molecule has 0 radical (unpaired) electrons. The van der Waals surface area contributed by atoms with Crippen molar-refractivity contribution >= 4 is 27.5 Å². The number of hydrogen-bond donors (Lipinski definition) is 1. The summed E-state index contributed by atoms with van der Waals surface area (Å²) in [6.45, 7) is 8.68. The van der Waals surface area contributed by atoms with Gasteiger partial charge in [0.1, 0.15) is 35.2 Å². The minimum atomic E-state index is -0.615. The van der Waals surface area contributed by atoms with E-state index in [0.29, 0.717) is 57.0 Å². The number of rotatable bonds is 6. The lowest BCUT2D eigenvalue weighted by Gasteiger charge is -2.52. The van der Waals surface area contributed by atoms with Crippen molar-refractivity contribution < 1.29 is 18.6 Å². The Hall–Kier alpha value is -3.59. The topological polar surface area (TPSA) is 74.6 Å². The molecule has 1 N–H and O–H groups in total. The zero-order valence-corrected chi connectivity index (χ0v) is 26.7. The van der Waals surface area contributed by atoms with Gasteiger partial charge in [0.2, 0.25) is 0 Å². The summed E-state index contributed by atoms with van der Waals surface area (Å²) < 4.78 is 38.4. The van der Waals surface area contributed by atoms with Gasteiger partial charge >= 0.3 is 6.01 Å². The molecule has 5 aliphatic rings. The lowest BCUT2D eigenvalue weighted by atomic mass is 9.59. The van der Waals surface area contributed by atoms with Crippen LogP contribution in [0.15, 0.2) is 30.5 Å². The number of benzene rings is 2. The molecule has 1 unspecified atom stereocenters. The molecule has 3 atom stereocenters. The Bertz CT molecular complexity index is 1910. The summed E-state index contributed by atoms with van der Waals surface area (Å²) in [6.07, 6.45) is 11.4. The normalized spacial score (nSPS) is 28.1. The Morgan fingerprint density at radius 2 is 1.85 bits per heavy atom. The number of aryl methyl sites for hydroxylation is 1. The highest BCUT2D eigenvalue weighted by atomic mass is 19.1. The van der Waals surface area contributed by atoms with Crippen molar-refractivity contribution in [3.05, 3.63) is 47.7 Å². The zero-order valence-electron chi connectivity index (χ0n) is 26.7. The highest BCUT2D eigenvalue weighted by Gasteiger charge is 2.71. The molecule has 2 aromatic carbocycles. The standard InChI is InChI=1S/C37H41F2N5O2/c1-3-24-27(38)8-7-22-15-23(45)16-25(29(22)24)31-30(39)32-26(18-40-31)33(43-12-4-9-36(20-43)19-35(2)17-28(35)36)42-34(41-32)46-21-37-10-5-13-44(37)14-6-11-37/h7-8,15-16,18,28,45H,3-6,9-14,17,19-21H2,1-2H3/t28?,35-,36+/m0/s1. The van der Waals surface area contributed by atoms with E-state index in [1.54, 1.807) is 18.3 Å². The molecule has 2 aliphatic carbocycles. The number of phenolic OH excluding ortho intramolecular Hbond substituents is 1. The van der Waals surface area contributed by atoms with Crippen molar-refractivity contribution in [2.75, 3.05) is 37.7 Å². The van der Waals surface area contributed by atoms with E-state index < -0.39 is 5.82 Å². The van der Waals surface area contributed by atoms with E-state index in [-0.39, 0.29) is 34.3 Å². The second-order valence-corrected chi connectivity index (χ2v) is 15.2. The molecule has 0 bridgehead atoms. The van der Waals surface area contributed by atoms with E-state index >= 15 is 8.78 Å². The fraction of sp³-hybridized carbons (Fsp3) is 0.541. The molecule has 5 fully saturated rings. The number of pyridine rings is 1. The third-order valence-corrected chi connectivity index (χ3v) is 12.4. The van der Waals surface area contributed by atoms with Crippen LogP contribution < -0.4 is 9.64 Å². The van der Waals surface area contributed by atoms with Gasteiger partial charge in [-0.25, -0.2) is 8.78 Å². The van der Waals surface area contributed by atoms with Crippen LogP contribution in [0.1, 0.15) is 70.8 Å². The molecule has 9 heteroatoms. The second-order valence-electron chi connectivity index (χ2n) is 15.2. The van der Waals surface area contributed by atoms with Crippen LogP contribution in [-0.4, -0.2) is 63.3 Å². The van der Waals surface area contributed by atoms with Crippen LogP contribution in [0.3, 0.4) is 0 Å². The quantitative estimate of drug-likeness (QED) is 0.239. The van der Waals surface area contributed by atoms with Gasteiger partial charge in [0.15, 0.2) is 5.82 Å². The zero-order chi connectivity index (χ0) is 31.4. The number of phenols is 1. The second kappa shape index (κ2) is 9.96. The van der Waals surface area contributed by atoms with E-state index in [1.807, 2.05) is 6.92 Å². The van der Waals surface area contributed by atoms with Gasteiger partial charge in [-0.15, -0.1) is 0 Å². The SMILES string of the molecule is CCc1c(F)ccc2cc(O)cc(-c3ncc4c(N5CCC[C@]6(C5)C[C@]5(C)CC56)nc(OCC56CCCN5CCC6)nc4c3F)c12. The molecular formula is C37H41F2N5O2. The van der Waals surface area contributed by atoms with Gasteiger partial charge < -0.3 is 14.7 Å². The largest absolute Gasteiger partial charge is 0.508 e. The Labute approximate surface area is 268 Å². The van der Waals surface area contributed by atoms with Crippen LogP contribution in [0, 0.1) is 28.4 Å². The fourth-order valence-electron chi connectivity index (χ4n) is 10.3. The first-order valence-electron chi connectivity index (χ1n) is 17.2. The third-order valence-electron chi connectivity index (χ3n) is 12.4. The molecule has 2 aromatic heterocycles. The van der Waals surface area contributed by atoms with E-state index in [4.69, 9.17) is 14.7 Å². The lowest BCUT2D eigenvalue weighted by Crippen LogP contribution is -2.51. The predicted molar refractivity (Wildman–Crippen MR) is 174 cm³/mol. The van der Waals surface area contributed by atoms with E-state index in [2.05, 4.69) is 21.7 Å². The van der Waals surface area contributed by atoms with Gasteiger partial charge in [-0.05, 0) is 122 Å². The van der Waals surface area contributed by atoms with E-state index in [1.165, 1.54) is 31.4 Å². The predicted octanol–water partition coefficient (Wildman–Crippen LogP) is 7.41. The van der Waals surface area contributed by atoms with Crippen LogP contribution >= 0.6 is 0 Å². The molecule has 1 spiro atoms. The van der Waals surface area contributed by atoms with Gasteiger partial charge in [-0.3, -0.25) is 9.88 Å². The minimum absolute atomic E-state index is 0.000914. The summed E-state index contributed by atoms with van der Waals surface area (Å²) >= 11 is 0. The van der Waals surface area contributed by atoms with E-state index in [0.717, 1.165) is 64.2 Å². The Morgan fingerprint density at radius 3 is 2.59 bits per heavy atom. The molecule has 5 heterocycles. The van der Waals surface area contributed by atoms with Crippen LogP contribution in [0.5, 0.6) is 11.8 Å². The maximum atomic E-state index is 17.0. The van der Waals surface area contributed by atoms with Crippen LogP contribution in [0.25, 0.3) is 32.9 Å². The molecule has 0 amide bonds. The van der Waals surface area contributed by atoms with E-state index in [9.17, 15) is 5.11 Å². The summed E-state index contributed by atoms with van der Waals surface area (Å²) in [5.41, 5.74) is 1.78. The first-order valence-corrected chi connectivity index (χ1v) is 17.2. The van der Waals surface area contributed by atoms with Crippen LogP contribution in [-0.2, 0) is 6.42 Å². The van der Waals surface area contributed by atoms with Crippen LogP contribution in [0.4, 0.5) is 14.6 Å². The monoisotopic (exact) mass is 625 g/mol. The van der Waals surface area contributed by atoms with Crippen molar-refractivity contribution in [3.63, 3.8) is 0 Å². The van der Waals surface area contributed by atoms with Gasteiger partial charge in [0.25, 0.3) is 0 Å². The van der Waals surface area contributed by atoms with Crippen LogP contribution in [0.2, 0.25) is 0 Å². The first-order chi connectivity index (χ1) is 22.2. The molecule has 2 saturated carbocycles. The summed E-state index contributed by atoms with van der Waals surface area (Å²) in [6, 6.07) is 6.25. The molecule has 7 nitrogen and oxygen atoms in total. The molecule has 3 saturated heterocycles. The van der Waals surface area contributed by atoms with Gasteiger partial charge in [0.05, 0.1) is 10.9 Å². The molecular weight excluding hydrogens is 584 g/mol. The first kappa shape index (κ1) is 28.6. The maximum absolute atomic E-state index is 17.0. The number of piperidine rings is 1. The molecule has 3 aliphatic heterocycles. The number of nitrogens with zero attached hydrogens (tertiary/aromatic N) is 5. The average molecular weight is 626 g/mol. The number of aromatic nitrogens is 3. The Kier molecular flexibility index (Phi) is 6.19. The van der Waals surface area contributed by atoms with Gasteiger partial charge in [0, 0.05) is 24.8 Å². The van der Waals surface area contributed by atoms with Crippen molar-refractivity contribution in [2.45, 2.75) is 77.2 Å². The van der Waals surface area contributed by atoms with Crippen molar-refractivity contribution in [2.24, 2.45) is 16.7 Å². The smallest absolute Gasteiger partial charge is 0.319 e. The summed E-state index contributed by atoms with van der Waals surface area (Å²) in [7, 11) is 0. The fourth-order valence-corrected chi connectivity index (χ4v) is 10.3. The van der Waals surface area contributed by atoms with Crippen molar-refractivity contribution in [1.29, 1.82) is 0 Å². The maximum Gasteiger partial charge on any atom is 0.319 e. The van der Waals surface area contributed by atoms with Crippen molar-refractivity contribution in [1.82, 2.24) is 19.9 Å².